The monoisotopic (exact) mass is 262 g/mol. The Labute approximate surface area is 104 Å². The highest BCUT2D eigenvalue weighted by molar-refractivity contribution is 5.57. The molecule has 0 spiro atoms. The van der Waals surface area contributed by atoms with E-state index >= 15 is 0 Å². The molecule has 2 N–H and O–H groups in total. The van der Waals surface area contributed by atoms with Gasteiger partial charge in [0.05, 0.1) is 0 Å². The van der Waals surface area contributed by atoms with E-state index < -0.39 is 12.7 Å². The second kappa shape index (κ2) is 6.42. The Kier molecular flexibility index (Phi) is 5.18. The van der Waals surface area contributed by atoms with E-state index in [9.17, 15) is 13.2 Å². The Morgan fingerprint density at radius 3 is 2.22 bits per heavy atom. The quantitative estimate of drug-likeness (QED) is 0.827. The fourth-order valence-electron chi connectivity index (χ4n) is 1.56. The van der Waals surface area contributed by atoms with Crippen molar-refractivity contribution in [1.29, 1.82) is 0 Å². The van der Waals surface area contributed by atoms with Gasteiger partial charge in [-0.1, -0.05) is 13.3 Å². The van der Waals surface area contributed by atoms with Gasteiger partial charge in [-0.2, -0.15) is 13.2 Å². The summed E-state index contributed by atoms with van der Waals surface area (Å²) >= 11 is 0. The number of nitrogens with one attached hydrogen (secondary N) is 2. The first-order chi connectivity index (χ1) is 8.48. The maximum Gasteiger partial charge on any atom is 0.405 e. The molecule has 102 valence electrons. The van der Waals surface area contributed by atoms with Gasteiger partial charge in [0.2, 0.25) is 0 Å². The summed E-state index contributed by atoms with van der Waals surface area (Å²) in [6, 6.07) is 0. The third-order valence-corrected chi connectivity index (χ3v) is 2.25. The van der Waals surface area contributed by atoms with E-state index in [1.807, 2.05) is 13.8 Å². The molecule has 1 rings (SSSR count). The SMILES string of the molecule is CCCc1c(NCC)ncnc1NCC(F)(F)F. The van der Waals surface area contributed by atoms with Crippen LogP contribution in [-0.2, 0) is 6.42 Å². The fraction of sp³-hybridized carbons (Fsp3) is 0.636. The molecule has 0 radical (unpaired) electrons. The van der Waals surface area contributed by atoms with Crippen LogP contribution in [0.25, 0.3) is 0 Å². The molecule has 0 fully saturated rings. The zero-order valence-corrected chi connectivity index (χ0v) is 10.4. The minimum atomic E-state index is -4.26. The molecule has 0 atom stereocenters. The van der Waals surface area contributed by atoms with Crippen molar-refractivity contribution in [3.8, 4) is 0 Å². The van der Waals surface area contributed by atoms with E-state index in [0.717, 1.165) is 6.42 Å². The summed E-state index contributed by atoms with van der Waals surface area (Å²) in [5.74, 6) is 0.846. The first-order valence-corrected chi connectivity index (χ1v) is 5.86. The van der Waals surface area contributed by atoms with Crippen LogP contribution in [0.3, 0.4) is 0 Å². The highest BCUT2D eigenvalue weighted by Gasteiger charge is 2.27. The van der Waals surface area contributed by atoms with Crippen molar-refractivity contribution in [1.82, 2.24) is 9.97 Å². The van der Waals surface area contributed by atoms with Gasteiger partial charge < -0.3 is 10.6 Å². The van der Waals surface area contributed by atoms with Crippen LogP contribution in [0.15, 0.2) is 6.33 Å². The van der Waals surface area contributed by atoms with Crippen molar-refractivity contribution in [3.63, 3.8) is 0 Å². The summed E-state index contributed by atoms with van der Waals surface area (Å²) in [5, 5.41) is 5.35. The number of anilines is 2. The topological polar surface area (TPSA) is 49.8 Å². The normalized spacial score (nSPS) is 11.4. The summed E-state index contributed by atoms with van der Waals surface area (Å²) in [4.78, 5) is 7.93. The maximum absolute atomic E-state index is 12.2. The Hall–Kier alpha value is -1.53. The van der Waals surface area contributed by atoms with Crippen LogP contribution in [0.2, 0.25) is 0 Å². The van der Waals surface area contributed by atoms with Crippen LogP contribution < -0.4 is 10.6 Å². The minimum Gasteiger partial charge on any atom is -0.370 e. The molecular formula is C11H17F3N4. The van der Waals surface area contributed by atoms with Crippen molar-refractivity contribution < 1.29 is 13.2 Å². The van der Waals surface area contributed by atoms with Gasteiger partial charge in [-0.25, -0.2) is 9.97 Å². The molecule has 1 aromatic heterocycles. The summed E-state index contributed by atoms with van der Waals surface area (Å²) in [5.41, 5.74) is 0.700. The molecule has 0 aliphatic carbocycles. The molecule has 1 aromatic rings. The molecule has 0 amide bonds. The molecule has 7 heteroatoms. The van der Waals surface area contributed by atoms with E-state index in [0.29, 0.717) is 24.3 Å². The van der Waals surface area contributed by atoms with Gasteiger partial charge in [-0.3, -0.25) is 0 Å². The Bertz CT molecular complexity index is 379. The van der Waals surface area contributed by atoms with Gasteiger partial charge in [-0.15, -0.1) is 0 Å². The van der Waals surface area contributed by atoms with Crippen molar-refractivity contribution in [3.05, 3.63) is 11.9 Å². The van der Waals surface area contributed by atoms with Crippen LogP contribution in [0, 0.1) is 0 Å². The molecule has 0 bridgehead atoms. The number of rotatable bonds is 6. The molecule has 0 aliphatic heterocycles. The minimum absolute atomic E-state index is 0.250. The number of hydrogen-bond acceptors (Lipinski definition) is 4. The van der Waals surface area contributed by atoms with Gasteiger partial charge in [-0.05, 0) is 13.3 Å². The summed E-state index contributed by atoms with van der Waals surface area (Å²) in [6.45, 7) is 3.43. The zero-order valence-electron chi connectivity index (χ0n) is 10.4. The summed E-state index contributed by atoms with van der Waals surface area (Å²) in [6.07, 6.45) is -1.56. The summed E-state index contributed by atoms with van der Waals surface area (Å²) < 4.78 is 36.6. The van der Waals surface area contributed by atoms with Crippen molar-refractivity contribution in [2.45, 2.75) is 32.9 Å². The highest BCUT2D eigenvalue weighted by Crippen LogP contribution is 2.23. The van der Waals surface area contributed by atoms with Gasteiger partial charge in [0, 0.05) is 12.1 Å². The van der Waals surface area contributed by atoms with Crippen LogP contribution in [0.4, 0.5) is 24.8 Å². The molecule has 18 heavy (non-hydrogen) atoms. The third kappa shape index (κ3) is 4.38. The van der Waals surface area contributed by atoms with E-state index in [1.54, 1.807) is 0 Å². The molecule has 0 saturated carbocycles. The van der Waals surface area contributed by atoms with Crippen molar-refractivity contribution >= 4 is 11.6 Å². The Morgan fingerprint density at radius 2 is 1.72 bits per heavy atom. The number of hydrogen-bond donors (Lipinski definition) is 2. The number of nitrogens with zero attached hydrogens (tertiary/aromatic N) is 2. The van der Waals surface area contributed by atoms with Gasteiger partial charge >= 0.3 is 6.18 Å². The number of aromatic nitrogens is 2. The standard InChI is InChI=1S/C11H17F3N4/c1-3-5-8-9(15-4-2)17-7-18-10(8)16-6-11(12,13)14/h7H,3-6H2,1-2H3,(H2,15,16,17,18). The lowest BCUT2D eigenvalue weighted by molar-refractivity contribution is -0.115. The van der Waals surface area contributed by atoms with E-state index in [1.165, 1.54) is 6.33 Å². The maximum atomic E-state index is 12.2. The predicted molar refractivity (Wildman–Crippen MR) is 64.7 cm³/mol. The van der Waals surface area contributed by atoms with Crippen LogP contribution in [0.5, 0.6) is 0 Å². The molecule has 0 unspecified atom stereocenters. The Morgan fingerprint density at radius 1 is 1.11 bits per heavy atom. The van der Waals surface area contributed by atoms with Gasteiger partial charge in [0.15, 0.2) is 0 Å². The number of halogens is 3. The first kappa shape index (κ1) is 14.5. The first-order valence-electron chi connectivity index (χ1n) is 5.86. The Balaban J connectivity index is 2.91. The van der Waals surface area contributed by atoms with Crippen molar-refractivity contribution in [2.24, 2.45) is 0 Å². The van der Waals surface area contributed by atoms with E-state index in [-0.39, 0.29) is 5.82 Å². The van der Waals surface area contributed by atoms with E-state index in [4.69, 9.17) is 0 Å². The molecule has 0 aromatic carbocycles. The highest BCUT2D eigenvalue weighted by atomic mass is 19.4. The van der Waals surface area contributed by atoms with Crippen LogP contribution in [-0.4, -0.2) is 29.2 Å². The average Bonchev–Trinajstić information content (AvgIpc) is 2.29. The summed E-state index contributed by atoms with van der Waals surface area (Å²) in [7, 11) is 0. The smallest absolute Gasteiger partial charge is 0.370 e. The van der Waals surface area contributed by atoms with E-state index in [2.05, 4.69) is 20.6 Å². The second-order valence-corrected chi connectivity index (χ2v) is 3.80. The molecule has 1 heterocycles. The van der Waals surface area contributed by atoms with Crippen LogP contribution in [0.1, 0.15) is 25.8 Å². The lowest BCUT2D eigenvalue weighted by atomic mass is 10.1. The lowest BCUT2D eigenvalue weighted by Gasteiger charge is -2.15. The van der Waals surface area contributed by atoms with Crippen molar-refractivity contribution in [2.75, 3.05) is 23.7 Å². The molecular weight excluding hydrogens is 245 g/mol. The number of alkyl halides is 3. The van der Waals surface area contributed by atoms with Gasteiger partial charge in [0.25, 0.3) is 0 Å². The molecule has 0 saturated heterocycles. The lowest BCUT2D eigenvalue weighted by Crippen LogP contribution is -2.23. The fourth-order valence-corrected chi connectivity index (χ4v) is 1.56. The molecule has 0 aliphatic rings. The van der Waals surface area contributed by atoms with Crippen LogP contribution >= 0.6 is 0 Å². The zero-order chi connectivity index (χ0) is 13.6. The average molecular weight is 262 g/mol. The molecule has 4 nitrogen and oxygen atoms in total. The largest absolute Gasteiger partial charge is 0.405 e. The van der Waals surface area contributed by atoms with Gasteiger partial charge in [0.1, 0.15) is 24.5 Å². The third-order valence-electron chi connectivity index (χ3n) is 2.25. The predicted octanol–water partition coefficient (Wildman–Crippen LogP) is 2.84. The second-order valence-electron chi connectivity index (χ2n) is 3.80.